The number of rotatable bonds is 2. The number of likely N-dealkylation sites (tertiary alicyclic amines) is 1. The van der Waals surface area contributed by atoms with Crippen molar-refractivity contribution < 1.29 is 9.90 Å². The Bertz CT molecular complexity index is 1390. The number of anilines is 1. The van der Waals surface area contributed by atoms with Crippen molar-refractivity contribution >= 4 is 49.1 Å². The molecule has 152 valence electrons. The molecule has 1 aromatic carbocycles. The minimum Gasteiger partial charge on any atom is -0.477 e. The monoisotopic (exact) mass is 420 g/mol. The van der Waals surface area contributed by atoms with Gasteiger partial charge in [0, 0.05) is 38.4 Å². The van der Waals surface area contributed by atoms with Gasteiger partial charge in [-0.05, 0) is 31.0 Å². The first-order chi connectivity index (χ1) is 14.5. The van der Waals surface area contributed by atoms with E-state index < -0.39 is 11.4 Å². The van der Waals surface area contributed by atoms with E-state index >= 15 is 0 Å². The number of benzene rings is 1. The number of para-hydroxylation sites is 1. The van der Waals surface area contributed by atoms with Crippen LogP contribution in [-0.4, -0.2) is 58.6 Å². The highest BCUT2D eigenvalue weighted by Crippen LogP contribution is 2.35. The number of aromatic carboxylic acids is 1. The first-order valence-electron chi connectivity index (χ1n) is 10.0. The summed E-state index contributed by atoms with van der Waals surface area (Å²) in [5.41, 5.74) is 0.971. The van der Waals surface area contributed by atoms with E-state index in [1.54, 1.807) is 6.20 Å². The molecule has 3 aromatic heterocycles. The number of hydrogen-bond acceptors (Lipinski definition) is 6. The van der Waals surface area contributed by atoms with Crippen molar-refractivity contribution in [1.82, 2.24) is 14.3 Å². The fraction of sp³-hybridized carbons (Fsp3) is 0.318. The van der Waals surface area contributed by atoms with Crippen molar-refractivity contribution in [2.45, 2.75) is 0 Å². The van der Waals surface area contributed by atoms with Gasteiger partial charge in [-0.2, -0.15) is 0 Å². The molecule has 2 aliphatic heterocycles. The van der Waals surface area contributed by atoms with Crippen LogP contribution in [0, 0.1) is 11.8 Å². The maximum atomic E-state index is 13.0. The number of hydrogen-bond donors (Lipinski definition) is 1. The normalized spacial score (nSPS) is 21.8. The Morgan fingerprint density at radius 2 is 1.87 bits per heavy atom. The molecule has 4 aromatic rings. The Kier molecular flexibility index (Phi) is 3.73. The van der Waals surface area contributed by atoms with Gasteiger partial charge in [0.05, 0.1) is 21.1 Å². The quantitative estimate of drug-likeness (QED) is 0.537. The van der Waals surface area contributed by atoms with Gasteiger partial charge in [-0.1, -0.05) is 12.1 Å². The second kappa shape index (κ2) is 6.26. The van der Waals surface area contributed by atoms with Crippen LogP contribution in [0.15, 0.2) is 41.3 Å². The molecule has 2 aliphatic rings. The van der Waals surface area contributed by atoms with Crippen LogP contribution in [0.2, 0.25) is 0 Å². The van der Waals surface area contributed by atoms with Crippen molar-refractivity contribution in [3.05, 3.63) is 52.3 Å². The molecule has 6 rings (SSSR count). The van der Waals surface area contributed by atoms with Gasteiger partial charge >= 0.3 is 5.97 Å². The smallest absolute Gasteiger partial charge is 0.342 e. The Balaban J connectivity index is 1.60. The lowest BCUT2D eigenvalue weighted by atomic mass is 10.0. The van der Waals surface area contributed by atoms with Gasteiger partial charge in [0.1, 0.15) is 16.2 Å². The number of aromatic nitrogens is 2. The van der Waals surface area contributed by atoms with Gasteiger partial charge in [0.15, 0.2) is 0 Å². The fourth-order valence-corrected chi connectivity index (χ4v) is 6.38. The van der Waals surface area contributed by atoms with Crippen molar-refractivity contribution in [3.8, 4) is 0 Å². The lowest BCUT2D eigenvalue weighted by Crippen LogP contribution is -2.27. The minimum atomic E-state index is -1.20. The first-order valence-corrected chi connectivity index (χ1v) is 10.9. The Hall–Kier alpha value is -2.97. The molecule has 0 bridgehead atoms. The summed E-state index contributed by atoms with van der Waals surface area (Å²) >= 11 is 1.34. The summed E-state index contributed by atoms with van der Waals surface area (Å²) in [6.45, 7) is 4.14. The third-order valence-corrected chi connectivity index (χ3v) is 7.66. The highest BCUT2D eigenvalue weighted by molar-refractivity contribution is 7.24. The molecular formula is C22H20N4O3S. The summed E-state index contributed by atoms with van der Waals surface area (Å²) in [4.78, 5) is 34.7. The van der Waals surface area contributed by atoms with Crippen LogP contribution in [0.4, 0.5) is 5.82 Å². The number of carboxylic acid groups (broad SMARTS) is 1. The van der Waals surface area contributed by atoms with Crippen LogP contribution < -0.4 is 10.3 Å². The molecule has 1 N–H and O–H groups in total. The minimum absolute atomic E-state index is 0.183. The van der Waals surface area contributed by atoms with Crippen molar-refractivity contribution in [3.63, 3.8) is 0 Å². The average Bonchev–Trinajstić information content (AvgIpc) is 3.38. The zero-order chi connectivity index (χ0) is 20.6. The SMILES string of the molecule is CN1CC2CN(c3cc4c(cn3)c(=O)c(C(=O)O)c3sc5ccccc5n34)CC2C1. The summed E-state index contributed by atoms with van der Waals surface area (Å²) < 4.78 is 2.86. The van der Waals surface area contributed by atoms with Crippen LogP contribution >= 0.6 is 11.3 Å². The van der Waals surface area contributed by atoms with Crippen LogP contribution in [0.25, 0.3) is 25.9 Å². The van der Waals surface area contributed by atoms with E-state index in [0.29, 0.717) is 22.1 Å². The third-order valence-electron chi connectivity index (χ3n) is 6.52. The molecule has 0 aliphatic carbocycles. The molecule has 7 nitrogen and oxygen atoms in total. The topological polar surface area (TPSA) is 78.1 Å². The number of fused-ring (bicyclic) bond motifs is 6. The molecular weight excluding hydrogens is 400 g/mol. The Morgan fingerprint density at radius 3 is 2.60 bits per heavy atom. The second-order valence-corrected chi connectivity index (χ2v) is 9.46. The number of carboxylic acids is 1. The van der Waals surface area contributed by atoms with Gasteiger partial charge in [-0.25, -0.2) is 9.78 Å². The first kappa shape index (κ1) is 17.9. The molecule has 0 amide bonds. The zero-order valence-corrected chi connectivity index (χ0v) is 17.2. The highest BCUT2D eigenvalue weighted by atomic mass is 32.1. The van der Waals surface area contributed by atoms with Crippen LogP contribution in [0.5, 0.6) is 0 Å². The predicted molar refractivity (Wildman–Crippen MR) is 118 cm³/mol. The van der Waals surface area contributed by atoms with Gasteiger partial charge < -0.3 is 14.9 Å². The summed E-state index contributed by atoms with van der Waals surface area (Å²) in [6.07, 6.45) is 1.55. The number of nitrogens with zero attached hydrogens (tertiary/aromatic N) is 4. The van der Waals surface area contributed by atoms with Crippen LogP contribution in [-0.2, 0) is 0 Å². The third kappa shape index (κ3) is 2.44. The Labute approximate surface area is 175 Å². The van der Waals surface area contributed by atoms with E-state index in [4.69, 9.17) is 0 Å². The summed E-state index contributed by atoms with van der Waals surface area (Å²) in [6, 6.07) is 9.73. The molecule has 0 saturated carbocycles. The van der Waals surface area contributed by atoms with Gasteiger partial charge in [0.25, 0.3) is 0 Å². The number of carbonyl (C=O) groups is 1. The highest BCUT2D eigenvalue weighted by Gasteiger charge is 2.39. The zero-order valence-electron chi connectivity index (χ0n) is 16.4. The number of pyridine rings is 2. The molecule has 30 heavy (non-hydrogen) atoms. The maximum Gasteiger partial charge on any atom is 0.342 e. The number of thiazole rings is 1. The molecule has 2 saturated heterocycles. The summed E-state index contributed by atoms with van der Waals surface area (Å²) in [5.74, 6) is 0.941. The van der Waals surface area contributed by atoms with E-state index in [1.165, 1.54) is 11.3 Å². The maximum absolute atomic E-state index is 13.0. The van der Waals surface area contributed by atoms with E-state index in [1.807, 2.05) is 34.7 Å². The molecule has 2 atom stereocenters. The predicted octanol–water partition coefficient (Wildman–Crippen LogP) is 2.76. The Morgan fingerprint density at radius 1 is 1.13 bits per heavy atom. The van der Waals surface area contributed by atoms with Crippen molar-refractivity contribution in [1.29, 1.82) is 0 Å². The van der Waals surface area contributed by atoms with Crippen molar-refractivity contribution in [2.75, 3.05) is 38.1 Å². The van der Waals surface area contributed by atoms with Gasteiger partial charge in [-0.15, -0.1) is 11.3 Å². The molecule has 0 radical (unpaired) electrons. The van der Waals surface area contributed by atoms with Crippen LogP contribution in [0.1, 0.15) is 10.4 Å². The fourth-order valence-electron chi connectivity index (χ4n) is 5.19. The van der Waals surface area contributed by atoms with E-state index in [-0.39, 0.29) is 5.56 Å². The molecule has 2 fully saturated rings. The summed E-state index contributed by atoms with van der Waals surface area (Å²) in [7, 11) is 2.17. The van der Waals surface area contributed by atoms with Crippen LogP contribution in [0.3, 0.4) is 0 Å². The van der Waals surface area contributed by atoms with E-state index in [2.05, 4.69) is 21.8 Å². The molecule has 0 spiro atoms. The standard InChI is InChI=1S/C22H20N4O3S/c1-24-8-12-10-25(11-13(12)9-24)18-6-16-14(7-23-18)20(27)19(22(28)29)21-26(16)15-4-2-3-5-17(15)30-21/h2-7,12-13H,8-11H2,1H3,(H,28,29). The largest absolute Gasteiger partial charge is 0.477 e. The molecule has 8 heteroatoms. The molecule has 2 unspecified atom stereocenters. The second-order valence-electron chi connectivity index (χ2n) is 8.43. The van der Waals surface area contributed by atoms with Crippen molar-refractivity contribution in [2.24, 2.45) is 11.8 Å². The molecule has 5 heterocycles. The van der Waals surface area contributed by atoms with Gasteiger partial charge in [-0.3, -0.25) is 9.20 Å². The van der Waals surface area contributed by atoms with E-state index in [0.717, 1.165) is 47.7 Å². The van der Waals surface area contributed by atoms with E-state index in [9.17, 15) is 14.7 Å². The average molecular weight is 420 g/mol. The lowest BCUT2D eigenvalue weighted by Gasteiger charge is -2.20. The summed E-state index contributed by atoms with van der Waals surface area (Å²) in [5, 5.41) is 10.1. The lowest BCUT2D eigenvalue weighted by molar-refractivity contribution is 0.0697. The van der Waals surface area contributed by atoms with Gasteiger partial charge in [0.2, 0.25) is 5.43 Å².